The molecule has 0 radical (unpaired) electrons. The van der Waals surface area contributed by atoms with Gasteiger partial charge in [0, 0.05) is 16.5 Å². The summed E-state index contributed by atoms with van der Waals surface area (Å²) in [6.45, 7) is 2.44. The predicted octanol–water partition coefficient (Wildman–Crippen LogP) is 5.24. The van der Waals surface area contributed by atoms with E-state index in [1.165, 1.54) is 0 Å². The number of fused-ring (bicyclic) bond motifs is 1. The molecule has 0 bridgehead atoms. The maximum absolute atomic E-state index is 12.6. The number of esters is 1. The van der Waals surface area contributed by atoms with Crippen molar-refractivity contribution in [3.63, 3.8) is 0 Å². The molecule has 0 amide bonds. The molecule has 0 aromatic heterocycles. The second-order valence-electron chi connectivity index (χ2n) is 7.24. The number of rotatable bonds is 6. The van der Waals surface area contributed by atoms with Crippen molar-refractivity contribution in [3.05, 3.63) is 94.9 Å². The van der Waals surface area contributed by atoms with Gasteiger partial charge in [0.2, 0.25) is 5.88 Å². The fraction of sp³-hybridized carbons (Fsp3) is 0.154. The summed E-state index contributed by atoms with van der Waals surface area (Å²) in [5, 5.41) is 9.72. The molecular formula is C26H22N2O4S. The van der Waals surface area contributed by atoms with Crippen molar-refractivity contribution in [2.45, 2.75) is 17.7 Å². The van der Waals surface area contributed by atoms with E-state index in [1.807, 2.05) is 37.4 Å². The number of hydrogen-bond acceptors (Lipinski definition) is 7. The summed E-state index contributed by atoms with van der Waals surface area (Å²) in [6, 6.07) is 22.0. The number of nitrogens with zero attached hydrogens (tertiary/aromatic N) is 1. The number of carbonyl (C=O) groups is 1. The summed E-state index contributed by atoms with van der Waals surface area (Å²) < 4.78 is 16.7. The lowest BCUT2D eigenvalue weighted by Crippen LogP contribution is -2.21. The fourth-order valence-corrected chi connectivity index (χ4v) is 4.07. The van der Waals surface area contributed by atoms with Crippen LogP contribution in [-0.4, -0.2) is 18.8 Å². The molecule has 0 fully saturated rings. The average Bonchev–Trinajstić information content (AvgIpc) is 2.84. The van der Waals surface area contributed by atoms with Gasteiger partial charge < -0.3 is 19.9 Å². The first-order chi connectivity index (χ1) is 16.0. The SMILES string of the molecule is CCOc1ccc(C(=O)Oc2ccc3c(c2)OC(N)=C(C#N)[C@H]3c2ccc(SC)cc2)cc1. The van der Waals surface area contributed by atoms with Crippen LogP contribution in [0.3, 0.4) is 0 Å². The molecule has 3 aromatic carbocycles. The van der Waals surface area contributed by atoms with E-state index in [-0.39, 0.29) is 11.8 Å². The van der Waals surface area contributed by atoms with Gasteiger partial charge in [-0.3, -0.25) is 0 Å². The monoisotopic (exact) mass is 458 g/mol. The number of nitriles is 1. The van der Waals surface area contributed by atoms with Crippen molar-refractivity contribution in [2.24, 2.45) is 5.73 Å². The molecule has 0 saturated carbocycles. The van der Waals surface area contributed by atoms with Crippen molar-refractivity contribution < 1.29 is 19.0 Å². The number of thioether (sulfide) groups is 1. The van der Waals surface area contributed by atoms with Crippen molar-refractivity contribution in [2.75, 3.05) is 12.9 Å². The first-order valence-corrected chi connectivity index (χ1v) is 11.6. The van der Waals surface area contributed by atoms with Gasteiger partial charge in [-0.05, 0) is 61.2 Å². The Labute approximate surface area is 196 Å². The smallest absolute Gasteiger partial charge is 0.343 e. The summed E-state index contributed by atoms with van der Waals surface area (Å²) in [4.78, 5) is 13.7. The number of allylic oxidation sites excluding steroid dienone is 1. The largest absolute Gasteiger partial charge is 0.494 e. The van der Waals surface area contributed by atoms with Crippen LogP contribution in [0.5, 0.6) is 17.2 Å². The van der Waals surface area contributed by atoms with Gasteiger partial charge in [-0.25, -0.2) is 4.79 Å². The average molecular weight is 459 g/mol. The number of carbonyl (C=O) groups excluding carboxylic acids is 1. The first-order valence-electron chi connectivity index (χ1n) is 10.3. The third-order valence-electron chi connectivity index (χ3n) is 5.25. The molecule has 166 valence electrons. The van der Waals surface area contributed by atoms with Crippen LogP contribution in [-0.2, 0) is 0 Å². The van der Waals surface area contributed by atoms with Gasteiger partial charge in [-0.1, -0.05) is 18.2 Å². The minimum atomic E-state index is -0.501. The molecule has 2 N–H and O–H groups in total. The molecule has 3 aromatic rings. The molecule has 0 spiro atoms. The Bertz CT molecular complexity index is 1240. The van der Waals surface area contributed by atoms with Crippen LogP contribution in [0.1, 0.15) is 34.3 Å². The zero-order chi connectivity index (χ0) is 23.4. The van der Waals surface area contributed by atoms with Crippen LogP contribution in [0.25, 0.3) is 0 Å². The molecule has 1 aliphatic heterocycles. The van der Waals surface area contributed by atoms with Gasteiger partial charge in [0.25, 0.3) is 0 Å². The Hall–Kier alpha value is -3.89. The van der Waals surface area contributed by atoms with Gasteiger partial charge in [0.15, 0.2) is 0 Å². The molecule has 4 rings (SSSR count). The number of benzene rings is 3. The molecule has 1 aliphatic rings. The van der Waals surface area contributed by atoms with Crippen molar-refractivity contribution in [1.29, 1.82) is 5.26 Å². The zero-order valence-corrected chi connectivity index (χ0v) is 19.0. The zero-order valence-electron chi connectivity index (χ0n) is 18.2. The van der Waals surface area contributed by atoms with Gasteiger partial charge in [0.05, 0.1) is 18.1 Å². The van der Waals surface area contributed by atoms with Gasteiger partial charge in [-0.2, -0.15) is 5.26 Å². The molecule has 7 heteroatoms. The maximum Gasteiger partial charge on any atom is 0.343 e. The second-order valence-corrected chi connectivity index (χ2v) is 8.12. The minimum Gasteiger partial charge on any atom is -0.494 e. The Balaban J connectivity index is 1.62. The lowest BCUT2D eigenvalue weighted by molar-refractivity contribution is 0.0734. The number of nitrogens with two attached hydrogens (primary N) is 1. The van der Waals surface area contributed by atoms with Crippen LogP contribution in [0.4, 0.5) is 0 Å². The first kappa shape index (κ1) is 22.3. The lowest BCUT2D eigenvalue weighted by Gasteiger charge is -2.26. The van der Waals surface area contributed by atoms with E-state index in [0.29, 0.717) is 35.0 Å². The van der Waals surface area contributed by atoms with Crippen LogP contribution < -0.4 is 19.9 Å². The quantitative estimate of drug-likeness (QED) is 0.306. The van der Waals surface area contributed by atoms with Gasteiger partial charge in [-0.15, -0.1) is 11.8 Å². The lowest BCUT2D eigenvalue weighted by atomic mass is 9.83. The van der Waals surface area contributed by atoms with E-state index in [9.17, 15) is 10.1 Å². The standard InChI is InChI=1S/C26H22N2O4S/c1-3-30-18-8-4-17(5-9-18)26(29)31-19-10-13-21-23(14-19)32-25(28)22(15-27)24(21)16-6-11-20(33-2)12-7-16/h4-14,24H,3,28H2,1-2H3/t24-/m0/s1. The van der Waals surface area contributed by atoms with Crippen molar-refractivity contribution in [1.82, 2.24) is 0 Å². The van der Waals surface area contributed by atoms with E-state index in [2.05, 4.69) is 6.07 Å². The summed E-state index contributed by atoms with van der Waals surface area (Å²) in [6.07, 6.45) is 2.01. The molecule has 33 heavy (non-hydrogen) atoms. The summed E-state index contributed by atoms with van der Waals surface area (Å²) in [5.41, 5.74) is 8.53. The van der Waals surface area contributed by atoms with E-state index in [1.54, 1.807) is 54.2 Å². The van der Waals surface area contributed by atoms with Crippen LogP contribution in [0.15, 0.2) is 83.1 Å². The van der Waals surface area contributed by atoms with Crippen LogP contribution >= 0.6 is 11.8 Å². The molecule has 0 unspecified atom stereocenters. The summed E-state index contributed by atoms with van der Waals surface area (Å²) in [7, 11) is 0. The Morgan fingerprint density at radius 3 is 2.42 bits per heavy atom. The maximum atomic E-state index is 12.6. The van der Waals surface area contributed by atoms with E-state index < -0.39 is 5.97 Å². The molecule has 1 heterocycles. The third-order valence-corrected chi connectivity index (χ3v) is 5.99. The van der Waals surface area contributed by atoms with Crippen LogP contribution in [0, 0.1) is 11.3 Å². The molecule has 0 saturated heterocycles. The van der Waals surface area contributed by atoms with Gasteiger partial charge in [0.1, 0.15) is 28.9 Å². The topological polar surface area (TPSA) is 94.6 Å². The molecule has 6 nitrogen and oxygen atoms in total. The molecular weight excluding hydrogens is 436 g/mol. The Kier molecular flexibility index (Phi) is 6.57. The normalized spacial score (nSPS) is 14.6. The Morgan fingerprint density at radius 2 is 1.79 bits per heavy atom. The van der Waals surface area contributed by atoms with Gasteiger partial charge >= 0.3 is 5.97 Å². The Morgan fingerprint density at radius 1 is 1.09 bits per heavy atom. The highest BCUT2D eigenvalue weighted by Crippen LogP contribution is 2.43. The highest BCUT2D eigenvalue weighted by atomic mass is 32.2. The minimum absolute atomic E-state index is 0.0407. The number of ether oxygens (including phenoxy) is 3. The summed E-state index contributed by atoms with van der Waals surface area (Å²) >= 11 is 1.64. The van der Waals surface area contributed by atoms with Crippen molar-refractivity contribution >= 4 is 17.7 Å². The van der Waals surface area contributed by atoms with E-state index in [4.69, 9.17) is 19.9 Å². The van der Waals surface area contributed by atoms with E-state index >= 15 is 0 Å². The number of hydrogen-bond donors (Lipinski definition) is 1. The van der Waals surface area contributed by atoms with E-state index in [0.717, 1.165) is 16.0 Å². The highest BCUT2D eigenvalue weighted by Gasteiger charge is 2.31. The van der Waals surface area contributed by atoms with Crippen LogP contribution in [0.2, 0.25) is 0 Å². The molecule has 1 atom stereocenters. The molecule has 0 aliphatic carbocycles. The third kappa shape index (κ3) is 4.66. The second kappa shape index (κ2) is 9.72. The predicted molar refractivity (Wildman–Crippen MR) is 127 cm³/mol. The fourth-order valence-electron chi connectivity index (χ4n) is 3.66. The van der Waals surface area contributed by atoms with Crippen molar-refractivity contribution in [3.8, 4) is 23.3 Å². The summed E-state index contributed by atoms with van der Waals surface area (Å²) in [5.74, 6) is 0.617. The highest BCUT2D eigenvalue weighted by molar-refractivity contribution is 7.98.